The Labute approximate surface area is 195 Å². The number of carboxylic acids is 1. The van der Waals surface area contributed by atoms with E-state index in [9.17, 15) is 9.90 Å². The van der Waals surface area contributed by atoms with Gasteiger partial charge in [0, 0.05) is 16.0 Å². The van der Waals surface area contributed by atoms with Crippen molar-refractivity contribution in [3.8, 4) is 11.5 Å². The van der Waals surface area contributed by atoms with Gasteiger partial charge < -0.3 is 19.3 Å². The second-order valence-electron chi connectivity index (χ2n) is 7.70. The van der Waals surface area contributed by atoms with Gasteiger partial charge >= 0.3 is 5.97 Å². The Hall–Kier alpha value is -3.61. The maximum atomic E-state index is 11.2. The summed E-state index contributed by atoms with van der Waals surface area (Å²) in [5, 5.41) is 10.8. The van der Waals surface area contributed by atoms with E-state index in [1.54, 1.807) is 0 Å². The molecule has 7 heteroatoms. The molecule has 1 aliphatic heterocycles. The molecule has 33 heavy (non-hydrogen) atoms. The molecule has 1 unspecified atom stereocenters. The van der Waals surface area contributed by atoms with Gasteiger partial charge in [-0.1, -0.05) is 48.0 Å². The molecular formula is C26H20ClNO5. The molecule has 3 aromatic carbocycles. The summed E-state index contributed by atoms with van der Waals surface area (Å²) in [6.07, 6.45) is -0.584. The minimum absolute atomic E-state index is 0.263. The van der Waals surface area contributed by atoms with Crippen LogP contribution < -0.4 is 9.47 Å². The molecule has 5 rings (SSSR count). The summed E-state index contributed by atoms with van der Waals surface area (Å²) >= 11 is 6.09. The summed E-state index contributed by atoms with van der Waals surface area (Å²) in [6, 6.07) is 22.7. The van der Waals surface area contributed by atoms with Crippen molar-refractivity contribution >= 4 is 28.5 Å². The molecule has 0 bridgehead atoms. The first kappa shape index (κ1) is 21.2. The molecule has 0 saturated carbocycles. The van der Waals surface area contributed by atoms with Crippen molar-refractivity contribution < 1.29 is 24.1 Å². The fourth-order valence-corrected chi connectivity index (χ4v) is 4.07. The first-order valence-electron chi connectivity index (χ1n) is 10.4. The third-order valence-corrected chi connectivity index (χ3v) is 5.69. The molecule has 6 nitrogen and oxygen atoms in total. The molecule has 0 fully saturated rings. The maximum Gasteiger partial charge on any atom is 0.329 e. The highest BCUT2D eigenvalue weighted by atomic mass is 35.5. The van der Waals surface area contributed by atoms with Gasteiger partial charge in [0.1, 0.15) is 37.4 Å². The second-order valence-corrected chi connectivity index (χ2v) is 8.14. The van der Waals surface area contributed by atoms with Crippen LogP contribution in [-0.2, 0) is 22.7 Å². The minimum Gasteiger partial charge on any atom is -0.488 e. The van der Waals surface area contributed by atoms with E-state index in [1.165, 1.54) is 0 Å². The maximum absolute atomic E-state index is 11.2. The smallest absolute Gasteiger partial charge is 0.329 e. The van der Waals surface area contributed by atoms with E-state index in [2.05, 4.69) is 4.98 Å². The minimum atomic E-state index is -1.03. The van der Waals surface area contributed by atoms with Crippen molar-refractivity contribution in [1.82, 2.24) is 4.98 Å². The number of hydrogen-bond acceptors (Lipinski definition) is 5. The monoisotopic (exact) mass is 461 g/mol. The van der Waals surface area contributed by atoms with Crippen LogP contribution in [-0.4, -0.2) is 22.7 Å². The molecule has 0 saturated heterocycles. The number of pyridine rings is 1. The zero-order valence-corrected chi connectivity index (χ0v) is 18.3. The number of aliphatic carboxylic acids is 1. The third-order valence-electron chi connectivity index (χ3n) is 5.46. The first-order valence-corrected chi connectivity index (χ1v) is 10.8. The Morgan fingerprint density at radius 2 is 1.91 bits per heavy atom. The molecule has 1 N–H and O–H groups in total. The van der Waals surface area contributed by atoms with Crippen molar-refractivity contribution in [3.05, 3.63) is 100 Å². The summed E-state index contributed by atoms with van der Waals surface area (Å²) < 4.78 is 17.8. The van der Waals surface area contributed by atoms with Crippen LogP contribution >= 0.6 is 11.6 Å². The SMILES string of the molecule is O=C(O)COC1c2ccccc2COc2ccc(OCc3ccc4ccc(Cl)cc4n3)cc21. The lowest BCUT2D eigenvalue weighted by atomic mass is 9.97. The number of benzene rings is 3. The number of aromatic nitrogens is 1. The first-order chi connectivity index (χ1) is 16.1. The highest BCUT2D eigenvalue weighted by Gasteiger charge is 2.26. The number of carboxylic acid groups (broad SMARTS) is 1. The van der Waals surface area contributed by atoms with Gasteiger partial charge in [-0.3, -0.25) is 0 Å². The summed E-state index contributed by atoms with van der Waals surface area (Å²) in [5.74, 6) is 0.204. The van der Waals surface area contributed by atoms with Gasteiger partial charge in [0.2, 0.25) is 0 Å². The van der Waals surface area contributed by atoms with Crippen LogP contribution in [0.4, 0.5) is 0 Å². The Bertz CT molecular complexity index is 1340. The van der Waals surface area contributed by atoms with Gasteiger partial charge in [-0.05, 0) is 47.5 Å². The average Bonchev–Trinajstić information content (AvgIpc) is 2.97. The van der Waals surface area contributed by atoms with E-state index in [-0.39, 0.29) is 6.61 Å². The van der Waals surface area contributed by atoms with Gasteiger partial charge in [0.05, 0.1) is 11.2 Å². The molecule has 166 valence electrons. The molecule has 1 aromatic heterocycles. The number of nitrogens with zero attached hydrogens (tertiary/aromatic N) is 1. The molecule has 4 aromatic rings. The summed E-state index contributed by atoms with van der Waals surface area (Å²) in [5.41, 5.74) is 4.11. The Balaban J connectivity index is 1.43. The van der Waals surface area contributed by atoms with E-state index < -0.39 is 18.7 Å². The molecule has 1 aliphatic rings. The van der Waals surface area contributed by atoms with Crippen molar-refractivity contribution in [2.75, 3.05) is 6.61 Å². The number of halogens is 1. The van der Waals surface area contributed by atoms with Crippen LogP contribution in [0.3, 0.4) is 0 Å². The zero-order chi connectivity index (χ0) is 22.8. The standard InChI is InChI=1S/C26H20ClNO5/c27-18-7-5-16-6-8-19(28-23(16)11-18)14-31-20-9-10-24-22(12-20)26(33-15-25(29)30)21-4-2-1-3-17(21)13-32-24/h1-12,26H,13-15H2,(H,29,30). The van der Waals surface area contributed by atoms with Crippen LogP contribution in [0.5, 0.6) is 11.5 Å². The molecule has 0 spiro atoms. The Morgan fingerprint density at radius 1 is 1.06 bits per heavy atom. The number of carbonyl (C=O) groups is 1. The number of rotatable bonds is 6. The zero-order valence-electron chi connectivity index (χ0n) is 17.5. The van der Waals surface area contributed by atoms with E-state index in [0.29, 0.717) is 23.1 Å². The molecule has 0 amide bonds. The van der Waals surface area contributed by atoms with E-state index in [1.807, 2.05) is 72.8 Å². The van der Waals surface area contributed by atoms with E-state index in [4.69, 9.17) is 25.8 Å². The molecule has 0 aliphatic carbocycles. The molecule has 1 atom stereocenters. The lowest BCUT2D eigenvalue weighted by Crippen LogP contribution is -2.14. The van der Waals surface area contributed by atoms with Gasteiger partial charge in [-0.2, -0.15) is 0 Å². The van der Waals surface area contributed by atoms with Crippen LogP contribution in [0.15, 0.2) is 72.8 Å². The van der Waals surface area contributed by atoms with E-state index in [0.717, 1.165) is 33.3 Å². The van der Waals surface area contributed by atoms with Crippen molar-refractivity contribution in [3.63, 3.8) is 0 Å². The van der Waals surface area contributed by atoms with Crippen LogP contribution in [0.2, 0.25) is 5.02 Å². The Morgan fingerprint density at radius 3 is 2.79 bits per heavy atom. The van der Waals surface area contributed by atoms with Gasteiger partial charge in [-0.25, -0.2) is 9.78 Å². The topological polar surface area (TPSA) is 77.9 Å². The average molecular weight is 462 g/mol. The summed E-state index contributed by atoms with van der Waals surface area (Å²) in [7, 11) is 0. The predicted molar refractivity (Wildman–Crippen MR) is 124 cm³/mol. The van der Waals surface area contributed by atoms with Crippen LogP contribution in [0, 0.1) is 0 Å². The third kappa shape index (κ3) is 4.62. The second kappa shape index (κ2) is 9.10. The highest BCUT2D eigenvalue weighted by molar-refractivity contribution is 6.31. The molecular weight excluding hydrogens is 442 g/mol. The van der Waals surface area contributed by atoms with Crippen molar-refractivity contribution in [2.45, 2.75) is 19.3 Å². The summed E-state index contributed by atoms with van der Waals surface area (Å²) in [4.78, 5) is 15.8. The number of ether oxygens (including phenoxy) is 3. The number of fused-ring (bicyclic) bond motifs is 3. The van der Waals surface area contributed by atoms with Crippen molar-refractivity contribution in [1.29, 1.82) is 0 Å². The number of hydrogen-bond donors (Lipinski definition) is 1. The Kier molecular flexibility index (Phi) is 5.86. The van der Waals surface area contributed by atoms with Crippen LogP contribution in [0.25, 0.3) is 10.9 Å². The van der Waals surface area contributed by atoms with Crippen molar-refractivity contribution in [2.24, 2.45) is 0 Å². The fraction of sp³-hybridized carbons (Fsp3) is 0.154. The fourth-order valence-electron chi connectivity index (χ4n) is 3.90. The van der Waals surface area contributed by atoms with Crippen LogP contribution in [0.1, 0.15) is 28.5 Å². The molecule has 0 radical (unpaired) electrons. The van der Waals surface area contributed by atoms with Gasteiger partial charge in [0.25, 0.3) is 0 Å². The predicted octanol–water partition coefficient (Wildman–Crippen LogP) is 5.55. The largest absolute Gasteiger partial charge is 0.488 e. The molecule has 2 heterocycles. The van der Waals surface area contributed by atoms with Gasteiger partial charge in [0.15, 0.2) is 0 Å². The highest BCUT2D eigenvalue weighted by Crippen LogP contribution is 2.40. The lowest BCUT2D eigenvalue weighted by molar-refractivity contribution is -0.143. The quantitative estimate of drug-likeness (QED) is 0.405. The summed E-state index contributed by atoms with van der Waals surface area (Å²) in [6.45, 7) is 0.215. The normalized spacial score (nSPS) is 14.6. The van der Waals surface area contributed by atoms with E-state index >= 15 is 0 Å². The lowest BCUT2D eigenvalue weighted by Gasteiger charge is -2.19. The van der Waals surface area contributed by atoms with Gasteiger partial charge in [-0.15, -0.1) is 0 Å².